The first kappa shape index (κ1) is 16.7. The van der Waals surface area contributed by atoms with Crippen LogP contribution in [-0.4, -0.2) is 0 Å². The third kappa shape index (κ3) is 17.6. The van der Waals surface area contributed by atoms with Gasteiger partial charge < -0.3 is 9.79 Å². The van der Waals surface area contributed by atoms with E-state index < -0.39 is 0 Å². The summed E-state index contributed by atoms with van der Waals surface area (Å²) in [7, 11) is 0. The summed E-state index contributed by atoms with van der Waals surface area (Å²) in [5.74, 6) is 0. The normalized spacial score (nSPS) is 4.22. The van der Waals surface area contributed by atoms with Crippen molar-refractivity contribution in [1.29, 1.82) is 10.5 Å². The first-order valence-corrected chi connectivity index (χ1v) is 1.86. The molecule has 0 aromatic rings. The quantitative estimate of drug-likeness (QED) is 0.241. The Balaban J connectivity index is -0.0000000600. The van der Waals surface area contributed by atoms with Crippen LogP contribution in [0.25, 0.3) is 0 Å². The summed E-state index contributed by atoms with van der Waals surface area (Å²) in [6, 6.07) is 0. The molecule has 0 aromatic carbocycles. The maximum absolute atomic E-state index is 7.61. The van der Waals surface area contributed by atoms with Crippen molar-refractivity contribution >= 4 is 12.3 Å². The second kappa shape index (κ2) is 16.1. The van der Waals surface area contributed by atoms with Crippen molar-refractivity contribution in [3.8, 4) is 12.5 Å². The van der Waals surface area contributed by atoms with Crippen LogP contribution >= 0.6 is 12.3 Å². The zero-order valence-electron chi connectivity index (χ0n) is 5.42. The first-order chi connectivity index (χ1) is 3.41. The molecule has 4 nitrogen and oxygen atoms in total. The minimum atomic E-state index is 0. The fraction of sp³-hybridized carbons (Fsp3) is 0. The van der Waals surface area contributed by atoms with E-state index in [-0.39, 0.29) is 75.2 Å². The number of hydrogen-bond donors (Lipinski definition) is 0. The molecule has 0 aliphatic carbocycles. The summed E-state index contributed by atoms with van der Waals surface area (Å²) in [6.07, 6.45) is 2.58. The maximum atomic E-state index is 7.61. The van der Waals surface area contributed by atoms with E-state index >= 15 is 0 Å². The van der Waals surface area contributed by atoms with Gasteiger partial charge in [-0.2, -0.15) is 0 Å². The van der Waals surface area contributed by atoms with Gasteiger partial charge in [-0.05, 0) is 0 Å². The van der Waals surface area contributed by atoms with Crippen LogP contribution in [0.1, 0.15) is 1.43 Å². The van der Waals surface area contributed by atoms with E-state index in [0.717, 1.165) is 0 Å². The molecule has 0 aliphatic heterocycles. The van der Waals surface area contributed by atoms with E-state index in [4.69, 9.17) is 10.5 Å². The summed E-state index contributed by atoms with van der Waals surface area (Å²) in [4.78, 5) is 0. The molecule has 0 heterocycles. The molecule has 0 saturated heterocycles. The van der Waals surface area contributed by atoms with Crippen molar-refractivity contribution in [1.82, 2.24) is 0 Å². The average molecular weight is 353 g/mol. The number of nitrogens with zero attached hydrogens (tertiary/aromatic N) is 2. The molecule has 0 fully saturated rings. The standard InChI is InChI=1S/C2N2O2S.Au.K.H/c3-1-5-7-6-2-4;;;/q;;+1;-1. The van der Waals surface area contributed by atoms with Gasteiger partial charge in [0.25, 0.3) is 0 Å². The predicted molar refractivity (Wildman–Crippen MR) is 22.1 cm³/mol. The SMILES string of the molecule is N#COSOC#N.[Au].[H-].[K+]. The molecule has 1 radical (unpaired) electrons. The Morgan fingerprint density at radius 1 is 1.22 bits per heavy atom. The molecule has 0 saturated carbocycles. The van der Waals surface area contributed by atoms with Crippen LogP contribution < -0.4 is 51.4 Å². The number of rotatable bonds is 2. The van der Waals surface area contributed by atoms with Crippen molar-refractivity contribution in [3.05, 3.63) is 0 Å². The third-order valence-electron chi connectivity index (χ3n) is 0.143. The fourth-order valence-electron chi connectivity index (χ4n) is 0.0474. The van der Waals surface area contributed by atoms with Crippen LogP contribution in [0.4, 0.5) is 0 Å². The second-order valence-corrected chi connectivity index (χ2v) is 0.887. The molecule has 0 spiro atoms. The van der Waals surface area contributed by atoms with E-state index in [1.54, 1.807) is 0 Å². The van der Waals surface area contributed by atoms with Gasteiger partial charge in [0.2, 0.25) is 0 Å². The number of nitriles is 2. The van der Waals surface area contributed by atoms with Gasteiger partial charge in [-0.1, -0.05) is 0 Å². The number of hydrogen-bond acceptors (Lipinski definition) is 5. The van der Waals surface area contributed by atoms with Crippen LogP contribution in [0.15, 0.2) is 0 Å². The molecule has 0 N–H and O–H groups in total. The van der Waals surface area contributed by atoms with Crippen LogP contribution in [0, 0.1) is 23.0 Å². The van der Waals surface area contributed by atoms with Gasteiger partial charge in [0, 0.05) is 22.4 Å². The van der Waals surface area contributed by atoms with Gasteiger partial charge in [-0.15, -0.1) is 10.5 Å². The summed E-state index contributed by atoms with van der Waals surface area (Å²) in [6.45, 7) is 0. The Morgan fingerprint density at radius 2 is 1.56 bits per heavy atom. The van der Waals surface area contributed by atoms with Crippen LogP contribution in [0.5, 0.6) is 0 Å². The molecule has 0 aliphatic rings. The predicted octanol–water partition coefficient (Wildman–Crippen LogP) is -2.34. The largest absolute Gasteiger partial charge is 1.00 e. The molecule has 49 valence electrons. The first-order valence-electron chi connectivity index (χ1n) is 1.19. The minimum Gasteiger partial charge on any atom is -1.00 e. The topological polar surface area (TPSA) is 66.0 Å². The van der Waals surface area contributed by atoms with Gasteiger partial charge in [0.15, 0.2) is 0 Å². The van der Waals surface area contributed by atoms with Gasteiger partial charge in [0.05, 0.1) is 0 Å². The second-order valence-electron chi connectivity index (χ2n) is 0.417. The van der Waals surface area contributed by atoms with E-state index in [2.05, 4.69) is 8.37 Å². The van der Waals surface area contributed by atoms with E-state index in [1.807, 2.05) is 0 Å². The van der Waals surface area contributed by atoms with E-state index in [1.165, 1.54) is 12.5 Å². The molecule has 0 bridgehead atoms. The Kier molecular flexibility index (Phi) is 30.0. The van der Waals surface area contributed by atoms with Crippen molar-refractivity contribution in [2.45, 2.75) is 0 Å². The van der Waals surface area contributed by atoms with Crippen molar-refractivity contribution in [2.24, 2.45) is 0 Å². The molecule has 0 rings (SSSR count). The van der Waals surface area contributed by atoms with Crippen molar-refractivity contribution in [2.75, 3.05) is 0 Å². The summed E-state index contributed by atoms with van der Waals surface area (Å²) in [5, 5.41) is 15.2. The fourth-order valence-corrected chi connectivity index (χ4v) is 0.142. The zero-order valence-corrected chi connectivity index (χ0v) is 10.5. The van der Waals surface area contributed by atoms with Crippen molar-refractivity contribution < 1.29 is 83.6 Å². The molecule has 0 aromatic heterocycles. The molecule has 9 heavy (non-hydrogen) atoms. The molecule has 7 heteroatoms. The summed E-state index contributed by atoms with van der Waals surface area (Å²) in [5.41, 5.74) is 0. The van der Waals surface area contributed by atoms with Gasteiger partial charge >= 0.3 is 76.2 Å². The van der Waals surface area contributed by atoms with Crippen LogP contribution in [-0.2, 0) is 30.7 Å². The van der Waals surface area contributed by atoms with Crippen LogP contribution in [0.3, 0.4) is 0 Å². The molecular formula is C2HAuKN2O2S. The zero-order chi connectivity index (χ0) is 5.54. The maximum Gasteiger partial charge on any atom is 1.00 e. The van der Waals surface area contributed by atoms with Gasteiger partial charge in [0.1, 0.15) is 0 Å². The minimum absolute atomic E-state index is 0. The smallest absolute Gasteiger partial charge is 1.00 e. The third-order valence-corrected chi connectivity index (χ3v) is 0.428. The Labute approximate surface area is 117 Å². The van der Waals surface area contributed by atoms with Crippen molar-refractivity contribution in [3.63, 3.8) is 0 Å². The van der Waals surface area contributed by atoms with Gasteiger partial charge in [-0.25, -0.2) is 0 Å². The van der Waals surface area contributed by atoms with E-state index in [0.29, 0.717) is 12.3 Å². The Bertz CT molecular complexity index is 111. The Hall–Kier alpha value is 1.31. The molecule has 0 atom stereocenters. The molecule has 0 unspecified atom stereocenters. The van der Waals surface area contributed by atoms with E-state index in [9.17, 15) is 0 Å². The monoisotopic (exact) mass is 353 g/mol. The summed E-state index contributed by atoms with van der Waals surface area (Å²) < 4.78 is 7.70. The average Bonchev–Trinajstić information content (AvgIpc) is 1.69. The van der Waals surface area contributed by atoms with Gasteiger partial charge in [-0.3, -0.25) is 0 Å². The molecule has 0 amide bonds. The Morgan fingerprint density at radius 3 is 1.78 bits per heavy atom. The summed E-state index contributed by atoms with van der Waals surface area (Å²) >= 11 is 0.331. The van der Waals surface area contributed by atoms with Crippen LogP contribution in [0.2, 0.25) is 0 Å². The molecular weight excluding hydrogens is 352 g/mol.